The van der Waals surface area contributed by atoms with Gasteiger partial charge in [0.2, 0.25) is 0 Å². The molecule has 3 amide bonds. The van der Waals surface area contributed by atoms with Crippen LogP contribution in [0.1, 0.15) is 15.9 Å². The maximum absolute atomic E-state index is 12.2. The lowest BCUT2D eigenvalue weighted by Gasteiger charge is -2.11. The van der Waals surface area contributed by atoms with Crippen LogP contribution in [0.4, 0.5) is 23.7 Å². The van der Waals surface area contributed by atoms with Crippen LogP contribution in [0.5, 0.6) is 11.5 Å². The number of nitrogens with one attached hydrogen (secondary N) is 2. The van der Waals surface area contributed by atoms with Crippen molar-refractivity contribution in [2.24, 2.45) is 0 Å². The fraction of sp³-hybridized carbons (Fsp3) is 0.0909. The summed E-state index contributed by atoms with van der Waals surface area (Å²) in [5.74, 6) is -0.485. The molecule has 2 N–H and O–H groups in total. The van der Waals surface area contributed by atoms with Crippen LogP contribution in [0, 0.1) is 0 Å². The molecule has 0 saturated carbocycles. The predicted molar refractivity (Wildman–Crippen MR) is 112 cm³/mol. The zero-order valence-corrected chi connectivity index (χ0v) is 17.0. The van der Waals surface area contributed by atoms with Gasteiger partial charge in [0.1, 0.15) is 18.1 Å². The average Bonchev–Trinajstić information content (AvgIpc) is 2.73. The summed E-state index contributed by atoms with van der Waals surface area (Å²) in [6.07, 6.45) is -4.74. The number of alkyl halides is 3. The quantitative estimate of drug-likeness (QED) is 0.485. The molecule has 0 saturated heterocycles. The predicted octanol–water partition coefficient (Wildman–Crippen LogP) is 5.78. The highest BCUT2D eigenvalue weighted by Crippen LogP contribution is 2.23. The van der Waals surface area contributed by atoms with Gasteiger partial charge in [0, 0.05) is 5.69 Å². The molecule has 0 radical (unpaired) electrons. The Labute approximate surface area is 185 Å². The van der Waals surface area contributed by atoms with Gasteiger partial charge in [0.15, 0.2) is 0 Å². The first kappa shape index (κ1) is 23.0. The Bertz CT molecular complexity index is 1090. The number of ether oxygens (including phenoxy) is 2. The van der Waals surface area contributed by atoms with Crippen LogP contribution in [0.15, 0.2) is 72.8 Å². The third kappa shape index (κ3) is 6.92. The van der Waals surface area contributed by atoms with E-state index in [4.69, 9.17) is 16.3 Å². The van der Waals surface area contributed by atoms with Crippen molar-refractivity contribution in [3.63, 3.8) is 0 Å². The molecule has 0 aliphatic rings. The van der Waals surface area contributed by atoms with Crippen LogP contribution in [-0.2, 0) is 6.61 Å². The summed E-state index contributed by atoms with van der Waals surface area (Å²) in [7, 11) is 0. The number of hydrogen-bond acceptors (Lipinski definition) is 4. The number of hydrogen-bond donors (Lipinski definition) is 2. The Balaban J connectivity index is 1.49. The molecule has 3 aromatic rings. The Morgan fingerprint density at radius 3 is 2.12 bits per heavy atom. The number of urea groups is 1. The van der Waals surface area contributed by atoms with Gasteiger partial charge in [-0.25, -0.2) is 4.79 Å². The van der Waals surface area contributed by atoms with Crippen molar-refractivity contribution in [1.82, 2.24) is 5.32 Å². The Morgan fingerprint density at radius 1 is 0.875 bits per heavy atom. The van der Waals surface area contributed by atoms with E-state index in [1.165, 1.54) is 36.4 Å². The maximum Gasteiger partial charge on any atom is 0.573 e. The summed E-state index contributed by atoms with van der Waals surface area (Å²) in [6.45, 7) is 0.117. The lowest BCUT2D eigenvalue weighted by atomic mass is 10.2. The van der Waals surface area contributed by atoms with Gasteiger partial charge in [0.25, 0.3) is 5.91 Å². The van der Waals surface area contributed by atoms with E-state index in [1.807, 2.05) is 0 Å². The number of imide groups is 1. The second kappa shape index (κ2) is 10.1. The normalized spacial score (nSPS) is 10.9. The zero-order chi connectivity index (χ0) is 23.1. The van der Waals surface area contributed by atoms with Crippen molar-refractivity contribution in [2.75, 3.05) is 5.32 Å². The number of benzene rings is 3. The third-order valence-electron chi connectivity index (χ3n) is 4.02. The van der Waals surface area contributed by atoms with Crippen LogP contribution >= 0.6 is 11.6 Å². The van der Waals surface area contributed by atoms with Crippen molar-refractivity contribution in [2.45, 2.75) is 13.0 Å². The highest BCUT2D eigenvalue weighted by molar-refractivity contribution is 6.34. The van der Waals surface area contributed by atoms with Gasteiger partial charge >= 0.3 is 12.4 Å². The molecule has 0 aliphatic carbocycles. The second-order valence-corrected chi connectivity index (χ2v) is 6.80. The van der Waals surface area contributed by atoms with Gasteiger partial charge < -0.3 is 14.8 Å². The molecule has 6 nitrogen and oxygen atoms in total. The minimum atomic E-state index is -4.74. The molecule has 0 fully saturated rings. The van der Waals surface area contributed by atoms with Gasteiger partial charge in [-0.1, -0.05) is 35.9 Å². The molecule has 3 aromatic carbocycles. The van der Waals surface area contributed by atoms with Gasteiger partial charge in [-0.05, 0) is 54.1 Å². The first-order valence-corrected chi connectivity index (χ1v) is 9.52. The molecule has 0 unspecified atom stereocenters. The van der Waals surface area contributed by atoms with Crippen molar-refractivity contribution in [3.05, 3.63) is 88.9 Å². The lowest BCUT2D eigenvalue weighted by molar-refractivity contribution is -0.274. The molecule has 10 heteroatoms. The summed E-state index contributed by atoms with van der Waals surface area (Å²) in [6, 6.07) is 17.2. The number of carbonyl (C=O) groups excluding carboxylic acids is 2. The minimum absolute atomic E-state index is 0.117. The number of anilines is 1. The second-order valence-electron chi connectivity index (χ2n) is 6.39. The van der Waals surface area contributed by atoms with Crippen molar-refractivity contribution < 1.29 is 32.2 Å². The van der Waals surface area contributed by atoms with E-state index in [9.17, 15) is 22.8 Å². The number of halogens is 4. The monoisotopic (exact) mass is 464 g/mol. The molecule has 0 aliphatic heterocycles. The Hall–Kier alpha value is -3.72. The van der Waals surface area contributed by atoms with Crippen LogP contribution in [-0.4, -0.2) is 18.3 Å². The van der Waals surface area contributed by atoms with E-state index >= 15 is 0 Å². The Kier molecular flexibility index (Phi) is 7.21. The summed E-state index contributed by atoms with van der Waals surface area (Å²) < 4.78 is 45.9. The fourth-order valence-electron chi connectivity index (χ4n) is 2.57. The molecule has 32 heavy (non-hydrogen) atoms. The highest BCUT2D eigenvalue weighted by atomic mass is 35.5. The molecule has 3 rings (SSSR count). The molecule has 0 bridgehead atoms. The summed E-state index contributed by atoms with van der Waals surface area (Å²) in [4.78, 5) is 24.1. The van der Waals surface area contributed by atoms with Crippen LogP contribution in [0.25, 0.3) is 0 Å². The van der Waals surface area contributed by atoms with E-state index < -0.39 is 18.3 Å². The molecular weight excluding hydrogens is 449 g/mol. The molecular formula is C22H16ClF3N2O4. The van der Waals surface area contributed by atoms with Crippen molar-refractivity contribution in [1.29, 1.82) is 0 Å². The number of rotatable bonds is 6. The highest BCUT2D eigenvalue weighted by Gasteiger charge is 2.30. The summed E-state index contributed by atoms with van der Waals surface area (Å²) >= 11 is 5.93. The number of amides is 3. The molecule has 0 heterocycles. The fourth-order valence-corrected chi connectivity index (χ4v) is 2.79. The topological polar surface area (TPSA) is 76.7 Å². The van der Waals surface area contributed by atoms with E-state index in [-0.39, 0.29) is 22.9 Å². The largest absolute Gasteiger partial charge is 0.573 e. The average molecular weight is 465 g/mol. The smallest absolute Gasteiger partial charge is 0.489 e. The van der Waals surface area contributed by atoms with Gasteiger partial charge in [-0.2, -0.15) is 0 Å². The first-order chi connectivity index (χ1) is 15.2. The first-order valence-electron chi connectivity index (χ1n) is 9.14. The van der Waals surface area contributed by atoms with Crippen molar-refractivity contribution >= 4 is 29.2 Å². The molecule has 0 aromatic heterocycles. The SMILES string of the molecule is O=C(NC(=O)c1ccccc1Cl)Nc1ccc(OCc2ccc(OC(F)(F)F)cc2)cc1. The van der Waals surface area contributed by atoms with E-state index in [0.717, 1.165) is 0 Å². The minimum Gasteiger partial charge on any atom is -0.489 e. The Morgan fingerprint density at radius 2 is 1.50 bits per heavy atom. The molecule has 0 spiro atoms. The zero-order valence-electron chi connectivity index (χ0n) is 16.3. The van der Waals surface area contributed by atoms with Crippen molar-refractivity contribution in [3.8, 4) is 11.5 Å². The van der Waals surface area contributed by atoms with Gasteiger partial charge in [-0.3, -0.25) is 10.1 Å². The lowest BCUT2D eigenvalue weighted by Crippen LogP contribution is -2.34. The third-order valence-corrected chi connectivity index (χ3v) is 4.35. The van der Waals surface area contributed by atoms with Crippen LogP contribution < -0.4 is 20.1 Å². The van der Waals surface area contributed by atoms with Crippen LogP contribution in [0.2, 0.25) is 5.02 Å². The van der Waals surface area contributed by atoms with E-state index in [0.29, 0.717) is 17.0 Å². The van der Waals surface area contributed by atoms with Gasteiger partial charge in [-0.15, -0.1) is 13.2 Å². The van der Waals surface area contributed by atoms with Gasteiger partial charge in [0.05, 0.1) is 10.6 Å². The van der Waals surface area contributed by atoms with E-state index in [1.54, 1.807) is 36.4 Å². The molecule has 0 atom stereocenters. The summed E-state index contributed by atoms with van der Waals surface area (Å²) in [5.41, 5.74) is 1.22. The standard InChI is InChI=1S/C22H16ClF3N2O4/c23-19-4-2-1-3-18(19)20(29)28-21(30)27-15-7-11-16(12-8-15)31-13-14-5-9-17(10-6-14)32-22(24,25)26/h1-12H,13H2,(H2,27,28,29,30). The maximum atomic E-state index is 12.2. The molecule has 166 valence electrons. The summed E-state index contributed by atoms with van der Waals surface area (Å²) in [5, 5.41) is 4.92. The number of carbonyl (C=O) groups is 2. The van der Waals surface area contributed by atoms with E-state index in [2.05, 4.69) is 15.4 Å². The van der Waals surface area contributed by atoms with Crippen LogP contribution in [0.3, 0.4) is 0 Å².